The highest BCUT2D eigenvalue weighted by Gasteiger charge is 1.95. The van der Waals surface area contributed by atoms with Crippen molar-refractivity contribution in [1.29, 1.82) is 0 Å². The van der Waals surface area contributed by atoms with E-state index in [9.17, 15) is 4.79 Å². The van der Waals surface area contributed by atoms with E-state index in [1.165, 1.54) is 0 Å². The number of rotatable bonds is 4. The van der Waals surface area contributed by atoms with Crippen LogP contribution in [0, 0.1) is 0 Å². The maximum atomic E-state index is 10.9. The first-order chi connectivity index (χ1) is 7.26. The third-order valence-corrected chi connectivity index (χ3v) is 1.72. The first-order valence-electron chi connectivity index (χ1n) is 4.67. The molecule has 0 bridgehead atoms. The lowest BCUT2D eigenvalue weighted by atomic mass is 10.2. The molecule has 0 aliphatic carbocycles. The molecule has 0 radical (unpaired) electrons. The molecule has 15 heavy (non-hydrogen) atoms. The Kier molecular flexibility index (Phi) is 4.50. The Hall–Kier alpha value is -1.68. The average molecular weight is 207 g/mol. The molecule has 1 N–H and O–H groups in total. The third-order valence-electron chi connectivity index (χ3n) is 1.72. The number of benzene rings is 1. The van der Waals surface area contributed by atoms with Gasteiger partial charge in [0.25, 0.3) is 0 Å². The SMILES string of the molecule is CCOC(=O)C=Nc1ccc(CO)cc1. The fourth-order valence-electron chi connectivity index (χ4n) is 0.994. The summed E-state index contributed by atoms with van der Waals surface area (Å²) in [5.41, 5.74) is 1.46. The summed E-state index contributed by atoms with van der Waals surface area (Å²) in [6.45, 7) is 2.08. The van der Waals surface area contributed by atoms with Crippen LogP contribution in [0.15, 0.2) is 29.3 Å². The van der Waals surface area contributed by atoms with Crippen molar-refractivity contribution in [2.75, 3.05) is 6.61 Å². The Bertz CT molecular complexity index is 343. The summed E-state index contributed by atoms with van der Waals surface area (Å²) in [4.78, 5) is 14.8. The smallest absolute Gasteiger partial charge is 0.349 e. The van der Waals surface area contributed by atoms with Crippen molar-refractivity contribution in [3.63, 3.8) is 0 Å². The lowest BCUT2D eigenvalue weighted by Crippen LogP contribution is -2.04. The Morgan fingerprint density at radius 3 is 2.67 bits per heavy atom. The molecule has 0 aliphatic rings. The number of esters is 1. The number of nitrogens with zero attached hydrogens (tertiary/aromatic N) is 1. The molecule has 0 spiro atoms. The summed E-state index contributed by atoms with van der Waals surface area (Å²) < 4.78 is 4.68. The van der Waals surface area contributed by atoms with Crippen molar-refractivity contribution in [2.45, 2.75) is 13.5 Å². The van der Waals surface area contributed by atoms with Gasteiger partial charge < -0.3 is 9.84 Å². The van der Waals surface area contributed by atoms with Crippen LogP contribution in [-0.4, -0.2) is 23.9 Å². The molecule has 0 atom stereocenters. The van der Waals surface area contributed by atoms with Gasteiger partial charge in [-0.25, -0.2) is 9.79 Å². The molecule has 4 nitrogen and oxygen atoms in total. The Morgan fingerprint density at radius 1 is 1.47 bits per heavy atom. The zero-order valence-electron chi connectivity index (χ0n) is 8.51. The molecule has 80 valence electrons. The van der Waals surface area contributed by atoms with Gasteiger partial charge in [0.05, 0.1) is 18.9 Å². The van der Waals surface area contributed by atoms with Gasteiger partial charge in [0, 0.05) is 0 Å². The molecule has 0 saturated carbocycles. The predicted molar refractivity (Wildman–Crippen MR) is 57.1 cm³/mol. The van der Waals surface area contributed by atoms with Crippen LogP contribution >= 0.6 is 0 Å². The monoisotopic (exact) mass is 207 g/mol. The third kappa shape index (κ3) is 3.91. The van der Waals surface area contributed by atoms with Gasteiger partial charge in [-0.1, -0.05) is 12.1 Å². The summed E-state index contributed by atoms with van der Waals surface area (Å²) >= 11 is 0. The summed E-state index contributed by atoms with van der Waals surface area (Å²) in [6.07, 6.45) is 1.14. The number of carbonyl (C=O) groups excluding carboxylic acids is 1. The summed E-state index contributed by atoms with van der Waals surface area (Å²) in [5, 5.41) is 8.80. The molecule has 0 saturated heterocycles. The summed E-state index contributed by atoms with van der Waals surface area (Å²) in [7, 11) is 0. The zero-order chi connectivity index (χ0) is 11.1. The Labute approximate surface area is 88.2 Å². The number of carbonyl (C=O) groups is 1. The van der Waals surface area contributed by atoms with E-state index in [4.69, 9.17) is 5.11 Å². The molecular weight excluding hydrogens is 194 g/mol. The van der Waals surface area contributed by atoms with Crippen LogP contribution in [0.2, 0.25) is 0 Å². The van der Waals surface area contributed by atoms with E-state index in [1.54, 1.807) is 31.2 Å². The number of aliphatic hydroxyl groups excluding tert-OH is 1. The second-order valence-corrected chi connectivity index (χ2v) is 2.83. The van der Waals surface area contributed by atoms with Gasteiger partial charge in [-0.05, 0) is 24.6 Å². The van der Waals surface area contributed by atoms with E-state index in [1.807, 2.05) is 0 Å². The number of hydrogen-bond acceptors (Lipinski definition) is 4. The molecule has 4 heteroatoms. The van der Waals surface area contributed by atoms with E-state index < -0.39 is 5.97 Å². The van der Waals surface area contributed by atoms with Gasteiger partial charge in [0.15, 0.2) is 0 Å². The lowest BCUT2D eigenvalue weighted by Gasteiger charge is -1.97. The molecular formula is C11H13NO3. The number of ether oxygens (including phenoxy) is 1. The zero-order valence-corrected chi connectivity index (χ0v) is 8.51. The van der Waals surface area contributed by atoms with Crippen molar-refractivity contribution in [1.82, 2.24) is 0 Å². The highest BCUT2D eigenvalue weighted by molar-refractivity contribution is 6.23. The highest BCUT2D eigenvalue weighted by atomic mass is 16.5. The molecule has 0 fully saturated rings. The molecule has 0 heterocycles. The fraction of sp³-hybridized carbons (Fsp3) is 0.273. The first kappa shape index (κ1) is 11.4. The van der Waals surface area contributed by atoms with Crippen molar-refractivity contribution >= 4 is 17.9 Å². The quantitative estimate of drug-likeness (QED) is 0.600. The molecule has 0 aliphatic heterocycles. The van der Waals surface area contributed by atoms with Crippen LogP contribution in [-0.2, 0) is 16.1 Å². The number of aliphatic imine (C=N–C) groups is 1. The minimum atomic E-state index is -0.455. The van der Waals surface area contributed by atoms with E-state index >= 15 is 0 Å². The minimum Gasteiger partial charge on any atom is -0.462 e. The molecule has 0 amide bonds. The van der Waals surface area contributed by atoms with E-state index in [2.05, 4.69) is 9.73 Å². The maximum absolute atomic E-state index is 10.9. The van der Waals surface area contributed by atoms with Gasteiger partial charge in [0.1, 0.15) is 6.21 Å². The van der Waals surface area contributed by atoms with Crippen molar-refractivity contribution in [3.05, 3.63) is 29.8 Å². The molecule has 1 rings (SSSR count). The normalized spacial score (nSPS) is 10.5. The predicted octanol–water partition coefficient (Wildman–Crippen LogP) is 1.44. The van der Waals surface area contributed by atoms with Crippen molar-refractivity contribution in [3.8, 4) is 0 Å². The van der Waals surface area contributed by atoms with Crippen LogP contribution in [0.25, 0.3) is 0 Å². The van der Waals surface area contributed by atoms with E-state index in [0.29, 0.717) is 12.3 Å². The van der Waals surface area contributed by atoms with Gasteiger partial charge in [-0.3, -0.25) is 0 Å². The average Bonchev–Trinajstić information content (AvgIpc) is 2.27. The van der Waals surface area contributed by atoms with Gasteiger partial charge in [0.2, 0.25) is 0 Å². The van der Waals surface area contributed by atoms with Crippen molar-refractivity contribution < 1.29 is 14.6 Å². The van der Waals surface area contributed by atoms with Crippen LogP contribution in [0.4, 0.5) is 5.69 Å². The highest BCUT2D eigenvalue weighted by Crippen LogP contribution is 2.12. The second kappa shape index (κ2) is 5.93. The number of aliphatic hydroxyl groups is 1. The maximum Gasteiger partial charge on any atom is 0.349 e. The van der Waals surface area contributed by atoms with Crippen LogP contribution in [0.3, 0.4) is 0 Å². The molecule has 0 unspecified atom stereocenters. The van der Waals surface area contributed by atoms with Crippen molar-refractivity contribution in [2.24, 2.45) is 4.99 Å². The standard InChI is InChI=1S/C11H13NO3/c1-2-15-11(14)7-12-10-5-3-9(8-13)4-6-10/h3-7,13H,2,8H2,1H3. The second-order valence-electron chi connectivity index (χ2n) is 2.83. The minimum absolute atomic E-state index is 0.00186. The van der Waals surface area contributed by atoms with Gasteiger partial charge >= 0.3 is 5.97 Å². The summed E-state index contributed by atoms with van der Waals surface area (Å²) in [6, 6.07) is 6.94. The van der Waals surface area contributed by atoms with Crippen LogP contribution in [0.1, 0.15) is 12.5 Å². The molecule has 1 aromatic carbocycles. The lowest BCUT2D eigenvalue weighted by molar-refractivity contribution is -0.134. The van der Waals surface area contributed by atoms with E-state index in [0.717, 1.165) is 11.8 Å². The molecule has 1 aromatic rings. The Balaban J connectivity index is 2.60. The van der Waals surface area contributed by atoms with Gasteiger partial charge in [-0.15, -0.1) is 0 Å². The molecule has 0 aromatic heterocycles. The van der Waals surface area contributed by atoms with Crippen LogP contribution in [0.5, 0.6) is 0 Å². The van der Waals surface area contributed by atoms with E-state index in [-0.39, 0.29) is 6.61 Å². The Morgan fingerprint density at radius 2 is 2.13 bits per heavy atom. The largest absolute Gasteiger partial charge is 0.462 e. The van der Waals surface area contributed by atoms with Crippen LogP contribution < -0.4 is 0 Å². The summed E-state index contributed by atoms with van der Waals surface area (Å²) in [5.74, 6) is -0.455. The fourth-order valence-corrected chi connectivity index (χ4v) is 0.994. The first-order valence-corrected chi connectivity index (χ1v) is 4.67. The number of hydrogen-bond donors (Lipinski definition) is 1. The topological polar surface area (TPSA) is 58.9 Å². The van der Waals surface area contributed by atoms with Gasteiger partial charge in [-0.2, -0.15) is 0 Å².